The molecule has 44 heavy (non-hydrogen) atoms. The van der Waals surface area contributed by atoms with E-state index in [0.717, 1.165) is 44.6 Å². The number of aromatic nitrogens is 1. The second-order valence-electron chi connectivity index (χ2n) is 10.4. The van der Waals surface area contributed by atoms with Crippen LogP contribution in [0.5, 0.6) is 0 Å². The number of piperidine rings is 1. The van der Waals surface area contributed by atoms with Gasteiger partial charge >= 0.3 is 24.3 Å². The van der Waals surface area contributed by atoms with E-state index < -0.39 is 30.4 Å². The van der Waals surface area contributed by atoms with Gasteiger partial charge in [0.15, 0.2) is 0 Å². The molecule has 4 rings (SSSR count). The molecular weight excluding hydrogens is 602 g/mol. The van der Waals surface area contributed by atoms with Crippen molar-refractivity contribution in [1.29, 1.82) is 0 Å². The van der Waals surface area contributed by atoms with Gasteiger partial charge in [-0.05, 0) is 44.0 Å². The summed E-state index contributed by atoms with van der Waals surface area (Å²) in [6.07, 6.45) is -4.95. The Morgan fingerprint density at radius 1 is 0.977 bits per heavy atom. The van der Waals surface area contributed by atoms with Crippen molar-refractivity contribution in [2.75, 3.05) is 33.2 Å². The van der Waals surface area contributed by atoms with Crippen LogP contribution >= 0.6 is 0 Å². The van der Waals surface area contributed by atoms with Crippen LogP contribution in [0, 0.1) is 6.92 Å². The van der Waals surface area contributed by atoms with Gasteiger partial charge in [0.25, 0.3) is 5.91 Å². The molecule has 2 aromatic rings. The fraction of sp³-hybridized carbons (Fsp3) is 0.500. The Hall–Kier alpha value is -3.76. The molecule has 2 saturated heterocycles. The van der Waals surface area contributed by atoms with Gasteiger partial charge in [-0.1, -0.05) is 35.9 Å². The lowest BCUT2D eigenvalue weighted by Crippen LogP contribution is -2.61. The molecule has 2 aliphatic heterocycles. The van der Waals surface area contributed by atoms with Gasteiger partial charge in [0, 0.05) is 51.7 Å². The molecule has 0 radical (unpaired) electrons. The van der Waals surface area contributed by atoms with E-state index >= 15 is 0 Å². The Bertz CT molecular complexity index is 1200. The fourth-order valence-electron chi connectivity index (χ4n) is 4.51. The van der Waals surface area contributed by atoms with E-state index in [1.165, 1.54) is 11.1 Å². The van der Waals surface area contributed by atoms with Gasteiger partial charge < -0.3 is 25.2 Å². The number of morpholine rings is 1. The van der Waals surface area contributed by atoms with Crippen molar-refractivity contribution < 1.29 is 55.7 Å². The topological polar surface area (TPSA) is 132 Å². The summed E-state index contributed by atoms with van der Waals surface area (Å²) in [7, 11) is 2.09. The monoisotopic (exact) mass is 636 g/mol. The van der Waals surface area contributed by atoms with Gasteiger partial charge in [-0.3, -0.25) is 14.7 Å². The number of aliphatic carboxylic acids is 2. The van der Waals surface area contributed by atoms with E-state index in [9.17, 15) is 31.1 Å². The van der Waals surface area contributed by atoms with Gasteiger partial charge in [-0.25, -0.2) is 9.59 Å². The van der Waals surface area contributed by atoms with Crippen LogP contribution in [0.25, 0.3) is 0 Å². The lowest BCUT2D eigenvalue weighted by Gasteiger charge is -2.48. The summed E-state index contributed by atoms with van der Waals surface area (Å²) in [5, 5.41) is 17.3. The lowest BCUT2D eigenvalue weighted by atomic mass is 9.88. The number of rotatable bonds is 5. The summed E-state index contributed by atoms with van der Waals surface area (Å²) >= 11 is 0. The zero-order valence-corrected chi connectivity index (χ0v) is 24.0. The maximum atomic E-state index is 12.8. The minimum Gasteiger partial charge on any atom is -0.475 e. The number of benzene rings is 1. The number of alkyl halides is 6. The summed E-state index contributed by atoms with van der Waals surface area (Å²) in [5.41, 5.74) is 3.34. The molecule has 3 heterocycles. The first kappa shape index (κ1) is 36.4. The van der Waals surface area contributed by atoms with Crippen LogP contribution in [0.15, 0.2) is 48.8 Å². The molecule has 1 aromatic carbocycles. The van der Waals surface area contributed by atoms with E-state index in [1.807, 2.05) is 18.5 Å². The third kappa shape index (κ3) is 12.5. The standard InChI is InChI=1S/C24H32N4O2.2C2HF3O2/c1-19-5-7-20(8-6-19)15-26-23(29)22-17-27(2)18-24(30-22)9-12-28(13-10-24)16-21-4-3-11-25-14-21;2*3-2(4,5)1(6)7/h3-8,11,14,22H,9-10,12-13,15-18H2,1-2H3,(H,26,29);2*(H,6,7). The van der Waals surface area contributed by atoms with Gasteiger partial charge in [-0.2, -0.15) is 26.3 Å². The van der Waals surface area contributed by atoms with Crippen LogP contribution in [-0.4, -0.2) is 100 Å². The smallest absolute Gasteiger partial charge is 0.475 e. The van der Waals surface area contributed by atoms with Crippen LogP contribution in [0.3, 0.4) is 0 Å². The Labute approximate surface area is 249 Å². The van der Waals surface area contributed by atoms with Crippen molar-refractivity contribution in [3.05, 3.63) is 65.5 Å². The zero-order chi connectivity index (χ0) is 33.1. The van der Waals surface area contributed by atoms with Crippen LogP contribution in [0.1, 0.15) is 29.5 Å². The largest absolute Gasteiger partial charge is 0.490 e. The van der Waals surface area contributed by atoms with Crippen molar-refractivity contribution in [2.45, 2.75) is 56.9 Å². The van der Waals surface area contributed by atoms with Gasteiger partial charge in [0.2, 0.25) is 0 Å². The normalized spacial score (nSPS) is 18.7. The molecular formula is C28H34F6N4O6. The SMILES string of the molecule is Cc1ccc(CNC(=O)C2CN(C)CC3(CCN(Cc4cccnc4)CC3)O2)cc1.O=C(O)C(F)(F)F.O=C(O)C(F)(F)F. The van der Waals surface area contributed by atoms with E-state index in [1.54, 1.807) is 0 Å². The highest BCUT2D eigenvalue weighted by Gasteiger charge is 2.44. The summed E-state index contributed by atoms with van der Waals surface area (Å²) in [6, 6.07) is 12.4. The Morgan fingerprint density at radius 3 is 2.00 bits per heavy atom. The third-order valence-corrected chi connectivity index (χ3v) is 6.69. The first-order valence-corrected chi connectivity index (χ1v) is 13.3. The number of likely N-dealkylation sites (N-methyl/N-ethyl adjacent to an activating group) is 1. The average Bonchev–Trinajstić information content (AvgIpc) is 2.94. The fourth-order valence-corrected chi connectivity index (χ4v) is 4.51. The zero-order valence-electron chi connectivity index (χ0n) is 24.0. The Kier molecular flexibility index (Phi) is 13.1. The molecule has 1 unspecified atom stereocenters. The summed E-state index contributed by atoms with van der Waals surface area (Å²) in [4.78, 5) is 39.5. The molecule has 16 heteroatoms. The lowest BCUT2D eigenvalue weighted by molar-refractivity contribution is -0.193. The number of amides is 1. The molecule has 2 aliphatic rings. The van der Waals surface area contributed by atoms with Crippen LogP contribution in [0.4, 0.5) is 26.3 Å². The third-order valence-electron chi connectivity index (χ3n) is 6.69. The highest BCUT2D eigenvalue weighted by Crippen LogP contribution is 2.32. The van der Waals surface area contributed by atoms with Crippen LogP contribution < -0.4 is 5.32 Å². The minimum atomic E-state index is -5.08. The number of carbonyl (C=O) groups excluding carboxylic acids is 1. The highest BCUT2D eigenvalue weighted by molar-refractivity contribution is 5.81. The van der Waals surface area contributed by atoms with Crippen LogP contribution in [-0.2, 0) is 32.2 Å². The predicted octanol–water partition coefficient (Wildman–Crippen LogP) is 3.64. The number of carboxylic acids is 2. The van der Waals surface area contributed by atoms with E-state index in [0.29, 0.717) is 13.1 Å². The molecule has 1 aromatic heterocycles. The number of hydrogen-bond donors (Lipinski definition) is 3. The van der Waals surface area contributed by atoms with Crippen molar-refractivity contribution >= 4 is 17.8 Å². The van der Waals surface area contributed by atoms with E-state index in [4.69, 9.17) is 24.5 Å². The number of aryl methyl sites for hydroxylation is 1. The van der Waals surface area contributed by atoms with Crippen molar-refractivity contribution in [2.24, 2.45) is 0 Å². The highest BCUT2D eigenvalue weighted by atomic mass is 19.4. The van der Waals surface area contributed by atoms with Crippen molar-refractivity contribution in [3.8, 4) is 0 Å². The molecule has 1 amide bonds. The molecule has 3 N–H and O–H groups in total. The summed E-state index contributed by atoms with van der Waals surface area (Å²) in [5.74, 6) is -5.53. The summed E-state index contributed by atoms with van der Waals surface area (Å²) in [6.45, 7) is 6.99. The molecule has 1 spiro atoms. The second-order valence-corrected chi connectivity index (χ2v) is 10.4. The van der Waals surface area contributed by atoms with E-state index in [2.05, 4.69) is 64.4 Å². The number of ether oxygens (including phenoxy) is 1. The molecule has 244 valence electrons. The minimum absolute atomic E-state index is 0.0145. The average molecular weight is 637 g/mol. The van der Waals surface area contributed by atoms with Gasteiger partial charge in [0.1, 0.15) is 6.10 Å². The molecule has 2 fully saturated rings. The first-order valence-electron chi connectivity index (χ1n) is 13.3. The van der Waals surface area contributed by atoms with Gasteiger partial charge in [-0.15, -0.1) is 0 Å². The number of hydrogen-bond acceptors (Lipinski definition) is 7. The number of nitrogens with zero attached hydrogens (tertiary/aromatic N) is 3. The number of carboxylic acid groups (broad SMARTS) is 2. The predicted molar refractivity (Wildman–Crippen MR) is 144 cm³/mol. The first-order chi connectivity index (χ1) is 20.4. The second kappa shape index (κ2) is 15.8. The molecule has 10 nitrogen and oxygen atoms in total. The van der Waals surface area contributed by atoms with Crippen LogP contribution in [0.2, 0.25) is 0 Å². The van der Waals surface area contributed by atoms with Crippen molar-refractivity contribution in [3.63, 3.8) is 0 Å². The maximum Gasteiger partial charge on any atom is 0.490 e. The molecule has 0 aliphatic carbocycles. The molecule has 0 saturated carbocycles. The van der Waals surface area contributed by atoms with Crippen molar-refractivity contribution in [1.82, 2.24) is 20.1 Å². The van der Waals surface area contributed by atoms with E-state index in [-0.39, 0.29) is 11.5 Å². The summed E-state index contributed by atoms with van der Waals surface area (Å²) < 4.78 is 69.9. The number of pyridine rings is 1. The maximum absolute atomic E-state index is 12.8. The number of likely N-dealkylation sites (tertiary alicyclic amines) is 1. The number of nitrogens with one attached hydrogen (secondary N) is 1. The van der Waals surface area contributed by atoms with Gasteiger partial charge in [0.05, 0.1) is 5.60 Å². The molecule has 0 bridgehead atoms. The number of halogens is 6. The quantitative estimate of drug-likeness (QED) is 0.421. The Morgan fingerprint density at radius 2 is 1.52 bits per heavy atom. The number of carbonyl (C=O) groups is 3. The molecule has 1 atom stereocenters. The Balaban J connectivity index is 0.000000402.